The molecule has 0 bridgehead atoms. The average molecular weight is 302 g/mol. The van der Waals surface area contributed by atoms with Crippen LogP contribution in [0.4, 0.5) is 5.69 Å². The number of carbonyl (C=O) groups is 1. The molecule has 0 radical (unpaired) electrons. The van der Waals surface area contributed by atoms with Crippen LogP contribution in [0.15, 0.2) is 23.7 Å². The topological polar surface area (TPSA) is 51.2 Å². The third kappa shape index (κ3) is 3.24. The number of rotatable bonds is 4. The van der Waals surface area contributed by atoms with Crippen molar-refractivity contribution in [1.29, 1.82) is 0 Å². The first-order valence-electron chi connectivity index (χ1n) is 7.10. The maximum Gasteiger partial charge on any atom is 0.224 e. The lowest BCUT2D eigenvalue weighted by atomic mass is 10.1. The summed E-state index contributed by atoms with van der Waals surface area (Å²) in [6.45, 7) is 4.03. The van der Waals surface area contributed by atoms with Crippen LogP contribution in [0.3, 0.4) is 0 Å². The Kier molecular flexibility index (Phi) is 3.92. The van der Waals surface area contributed by atoms with Gasteiger partial charge in [-0.2, -0.15) is 0 Å². The number of carbonyl (C=O) groups excluding carboxylic acids is 1. The summed E-state index contributed by atoms with van der Waals surface area (Å²) < 4.78 is 5.66. The Labute approximate surface area is 128 Å². The van der Waals surface area contributed by atoms with Gasteiger partial charge in [-0.1, -0.05) is 0 Å². The van der Waals surface area contributed by atoms with Gasteiger partial charge in [0.2, 0.25) is 5.91 Å². The van der Waals surface area contributed by atoms with E-state index in [1.807, 2.05) is 30.6 Å². The molecular formula is C16H18N2O2S. The van der Waals surface area contributed by atoms with Gasteiger partial charge in [0.15, 0.2) is 0 Å². The van der Waals surface area contributed by atoms with Crippen molar-refractivity contribution in [2.45, 2.75) is 39.2 Å². The predicted octanol–water partition coefficient (Wildman–Crippen LogP) is 3.35. The van der Waals surface area contributed by atoms with Crippen molar-refractivity contribution in [2.75, 3.05) is 5.32 Å². The van der Waals surface area contributed by atoms with Gasteiger partial charge in [0, 0.05) is 23.4 Å². The number of hydrogen-bond donors (Lipinski definition) is 1. The zero-order valence-electron chi connectivity index (χ0n) is 12.2. The molecule has 1 aliphatic heterocycles. The summed E-state index contributed by atoms with van der Waals surface area (Å²) in [5, 5.41) is 2.96. The van der Waals surface area contributed by atoms with E-state index >= 15 is 0 Å². The first kappa shape index (κ1) is 14.1. The van der Waals surface area contributed by atoms with Gasteiger partial charge in [0.05, 0.1) is 11.2 Å². The van der Waals surface area contributed by atoms with Crippen LogP contribution in [0, 0.1) is 6.92 Å². The number of ether oxygens (including phenoxy) is 1. The molecule has 5 heteroatoms. The van der Waals surface area contributed by atoms with Crippen molar-refractivity contribution in [3.05, 3.63) is 39.8 Å². The molecular weight excluding hydrogens is 284 g/mol. The molecule has 4 nitrogen and oxygen atoms in total. The summed E-state index contributed by atoms with van der Waals surface area (Å²) in [6, 6.07) is 5.84. The highest BCUT2D eigenvalue weighted by molar-refractivity contribution is 7.09. The number of thiazole rings is 1. The molecule has 0 fully saturated rings. The highest BCUT2D eigenvalue weighted by Gasteiger charge is 2.19. The van der Waals surface area contributed by atoms with Gasteiger partial charge in [0.25, 0.3) is 0 Å². The Bertz CT molecular complexity index is 666. The Hall–Kier alpha value is -1.88. The van der Waals surface area contributed by atoms with Crippen molar-refractivity contribution in [1.82, 2.24) is 4.98 Å². The maximum atomic E-state index is 12.0. The van der Waals surface area contributed by atoms with Crippen LogP contribution >= 0.6 is 11.3 Å². The van der Waals surface area contributed by atoms with Crippen molar-refractivity contribution in [2.24, 2.45) is 0 Å². The highest BCUT2D eigenvalue weighted by atomic mass is 32.1. The molecule has 2 heterocycles. The Morgan fingerprint density at radius 2 is 2.38 bits per heavy atom. The minimum atomic E-state index is 0.0368. The number of amides is 1. The highest BCUT2D eigenvalue weighted by Crippen LogP contribution is 2.31. The standard InChI is InChI=1S/C16H18N2O2S/c1-10-7-12-8-13(3-4-14(12)20-10)18-16(19)6-5-15-11(2)17-9-21-15/h3-4,8-10H,5-7H2,1-2H3,(H,18,19). The minimum Gasteiger partial charge on any atom is -0.490 e. The van der Waals surface area contributed by atoms with E-state index in [9.17, 15) is 4.79 Å². The largest absolute Gasteiger partial charge is 0.490 e. The molecule has 110 valence electrons. The number of anilines is 1. The molecule has 1 aromatic heterocycles. The molecule has 21 heavy (non-hydrogen) atoms. The van der Waals surface area contributed by atoms with E-state index in [0.717, 1.165) is 30.0 Å². The second-order valence-electron chi connectivity index (χ2n) is 5.36. The lowest BCUT2D eigenvalue weighted by Crippen LogP contribution is -2.12. The fourth-order valence-electron chi connectivity index (χ4n) is 2.52. The molecule has 2 aromatic rings. The quantitative estimate of drug-likeness (QED) is 0.942. The van der Waals surface area contributed by atoms with Gasteiger partial charge in [-0.15, -0.1) is 11.3 Å². The van der Waals surface area contributed by atoms with Gasteiger partial charge < -0.3 is 10.1 Å². The molecule has 1 amide bonds. The van der Waals surface area contributed by atoms with Crippen molar-refractivity contribution < 1.29 is 9.53 Å². The summed E-state index contributed by atoms with van der Waals surface area (Å²) >= 11 is 1.61. The summed E-state index contributed by atoms with van der Waals surface area (Å²) in [5.41, 5.74) is 4.86. The van der Waals surface area contributed by atoms with E-state index in [0.29, 0.717) is 6.42 Å². The van der Waals surface area contributed by atoms with E-state index in [-0.39, 0.29) is 12.0 Å². The van der Waals surface area contributed by atoms with Gasteiger partial charge in [-0.3, -0.25) is 4.79 Å². The van der Waals surface area contributed by atoms with Crippen molar-refractivity contribution in [3.8, 4) is 5.75 Å². The molecule has 0 aliphatic carbocycles. The number of aryl methyl sites for hydroxylation is 2. The van der Waals surface area contributed by atoms with E-state index in [1.165, 1.54) is 10.4 Å². The number of benzene rings is 1. The second-order valence-corrected chi connectivity index (χ2v) is 6.30. The monoisotopic (exact) mass is 302 g/mol. The fourth-order valence-corrected chi connectivity index (χ4v) is 3.30. The van der Waals surface area contributed by atoms with Crippen LogP contribution in [0.5, 0.6) is 5.75 Å². The van der Waals surface area contributed by atoms with E-state index < -0.39 is 0 Å². The van der Waals surface area contributed by atoms with E-state index in [4.69, 9.17) is 4.74 Å². The lowest BCUT2D eigenvalue weighted by Gasteiger charge is -2.07. The van der Waals surface area contributed by atoms with E-state index in [1.54, 1.807) is 11.3 Å². The lowest BCUT2D eigenvalue weighted by molar-refractivity contribution is -0.116. The Balaban J connectivity index is 1.58. The fraction of sp³-hybridized carbons (Fsp3) is 0.375. The first-order chi connectivity index (χ1) is 10.1. The predicted molar refractivity (Wildman–Crippen MR) is 84.0 cm³/mol. The molecule has 1 aliphatic rings. The first-order valence-corrected chi connectivity index (χ1v) is 7.98. The molecule has 1 N–H and O–H groups in total. The SMILES string of the molecule is Cc1ncsc1CCC(=O)Nc1ccc2c(c1)CC(C)O2. The normalized spacial score (nSPS) is 16.4. The zero-order chi connectivity index (χ0) is 14.8. The smallest absolute Gasteiger partial charge is 0.224 e. The molecule has 0 saturated heterocycles. The summed E-state index contributed by atoms with van der Waals surface area (Å²) in [5.74, 6) is 0.968. The van der Waals surface area contributed by atoms with Gasteiger partial charge >= 0.3 is 0 Å². The molecule has 1 atom stereocenters. The van der Waals surface area contributed by atoms with Crippen molar-refractivity contribution >= 4 is 22.9 Å². The Morgan fingerprint density at radius 3 is 3.14 bits per heavy atom. The zero-order valence-corrected chi connectivity index (χ0v) is 13.0. The number of hydrogen-bond acceptors (Lipinski definition) is 4. The van der Waals surface area contributed by atoms with Crippen LogP contribution in [-0.4, -0.2) is 17.0 Å². The molecule has 3 rings (SSSR count). The summed E-state index contributed by atoms with van der Waals surface area (Å²) in [4.78, 5) is 17.4. The van der Waals surface area contributed by atoms with Crippen LogP contribution in [0.2, 0.25) is 0 Å². The van der Waals surface area contributed by atoms with Crippen LogP contribution in [0.25, 0.3) is 0 Å². The molecule has 0 spiro atoms. The van der Waals surface area contributed by atoms with Crippen LogP contribution in [-0.2, 0) is 17.6 Å². The van der Waals surface area contributed by atoms with Gasteiger partial charge in [-0.05, 0) is 44.0 Å². The van der Waals surface area contributed by atoms with Crippen LogP contribution < -0.4 is 10.1 Å². The third-order valence-corrected chi connectivity index (χ3v) is 4.60. The molecule has 1 unspecified atom stereocenters. The van der Waals surface area contributed by atoms with Crippen LogP contribution in [0.1, 0.15) is 29.5 Å². The third-order valence-electron chi connectivity index (χ3n) is 3.60. The Morgan fingerprint density at radius 1 is 1.52 bits per heavy atom. The maximum absolute atomic E-state index is 12.0. The summed E-state index contributed by atoms with van der Waals surface area (Å²) in [7, 11) is 0. The van der Waals surface area contributed by atoms with Gasteiger partial charge in [0.1, 0.15) is 11.9 Å². The van der Waals surface area contributed by atoms with E-state index in [2.05, 4.69) is 17.2 Å². The minimum absolute atomic E-state index is 0.0368. The molecule has 0 saturated carbocycles. The number of aromatic nitrogens is 1. The number of nitrogens with one attached hydrogen (secondary N) is 1. The second kappa shape index (κ2) is 5.85. The van der Waals surface area contributed by atoms with Gasteiger partial charge in [-0.25, -0.2) is 4.98 Å². The summed E-state index contributed by atoms with van der Waals surface area (Å²) in [6.07, 6.45) is 2.35. The number of nitrogens with zero attached hydrogens (tertiary/aromatic N) is 1. The molecule has 1 aromatic carbocycles. The van der Waals surface area contributed by atoms with Crippen molar-refractivity contribution in [3.63, 3.8) is 0 Å². The number of fused-ring (bicyclic) bond motifs is 1. The average Bonchev–Trinajstić information content (AvgIpc) is 3.00.